The molecule has 1 unspecified atom stereocenters. The average molecular weight is 222 g/mol. The van der Waals surface area contributed by atoms with Gasteiger partial charge in [-0.3, -0.25) is 0 Å². The van der Waals surface area contributed by atoms with Gasteiger partial charge in [0.15, 0.2) is 0 Å². The number of pyridine rings is 1. The van der Waals surface area contributed by atoms with Crippen LogP contribution in [0.15, 0.2) is 18.3 Å². The van der Waals surface area contributed by atoms with E-state index in [1.165, 1.54) is 24.8 Å². The maximum atomic E-state index is 5.10. The van der Waals surface area contributed by atoms with Crippen LogP contribution >= 0.6 is 0 Å². The van der Waals surface area contributed by atoms with Crippen molar-refractivity contribution in [3.8, 4) is 5.88 Å². The van der Waals surface area contributed by atoms with Crippen LogP contribution in [0, 0.1) is 0 Å². The molecule has 0 aromatic carbocycles. The predicted octanol–water partition coefficient (Wildman–Crippen LogP) is 2.76. The van der Waals surface area contributed by atoms with Gasteiger partial charge in [-0.05, 0) is 24.5 Å². The lowest BCUT2D eigenvalue weighted by Crippen LogP contribution is -2.27. The molecule has 1 aromatic heterocycles. The van der Waals surface area contributed by atoms with Crippen LogP contribution in [0.2, 0.25) is 0 Å². The van der Waals surface area contributed by atoms with E-state index in [4.69, 9.17) is 4.74 Å². The Labute approximate surface area is 98.2 Å². The van der Waals surface area contributed by atoms with E-state index in [0.717, 1.165) is 6.54 Å². The van der Waals surface area contributed by atoms with Gasteiger partial charge < -0.3 is 10.1 Å². The molecule has 0 radical (unpaired) electrons. The van der Waals surface area contributed by atoms with Crippen LogP contribution in [0.1, 0.15) is 38.7 Å². The smallest absolute Gasteiger partial charge is 0.213 e. The zero-order chi connectivity index (χ0) is 11.8. The first-order chi connectivity index (χ1) is 7.80. The first-order valence-corrected chi connectivity index (χ1v) is 6.02. The molecule has 1 aromatic rings. The fourth-order valence-electron chi connectivity index (χ4n) is 1.73. The molecule has 0 saturated carbocycles. The number of ether oxygens (including phenoxy) is 1. The van der Waals surface area contributed by atoms with Crippen molar-refractivity contribution in [1.29, 1.82) is 0 Å². The van der Waals surface area contributed by atoms with Crippen LogP contribution in [0.4, 0.5) is 0 Å². The molecular formula is C13H22N2O. The summed E-state index contributed by atoms with van der Waals surface area (Å²) in [5.41, 5.74) is 1.22. The minimum atomic E-state index is 0.615. The highest BCUT2D eigenvalue weighted by atomic mass is 16.5. The molecule has 90 valence electrons. The molecule has 1 N–H and O–H groups in total. The summed E-state index contributed by atoms with van der Waals surface area (Å²) in [4.78, 5) is 4.09. The Bertz CT molecular complexity index is 302. The van der Waals surface area contributed by atoms with Crippen LogP contribution in [0.25, 0.3) is 0 Å². The lowest BCUT2D eigenvalue weighted by atomic mass is 10.1. The Morgan fingerprint density at radius 3 is 2.88 bits per heavy atom. The molecule has 0 amide bonds. The average Bonchev–Trinajstić information content (AvgIpc) is 2.34. The highest BCUT2D eigenvalue weighted by molar-refractivity contribution is 5.20. The van der Waals surface area contributed by atoms with Crippen LogP contribution in [0.3, 0.4) is 0 Å². The van der Waals surface area contributed by atoms with Gasteiger partial charge in [0, 0.05) is 24.8 Å². The number of hydrogen-bond donors (Lipinski definition) is 1. The number of methoxy groups -OCH3 is 1. The number of nitrogens with one attached hydrogen (secondary N) is 1. The van der Waals surface area contributed by atoms with Crippen LogP contribution in [-0.4, -0.2) is 18.1 Å². The maximum absolute atomic E-state index is 5.10. The second-order valence-electron chi connectivity index (χ2n) is 3.98. The Balaban J connectivity index is 2.46. The monoisotopic (exact) mass is 222 g/mol. The molecule has 1 rings (SSSR count). The zero-order valence-electron chi connectivity index (χ0n) is 10.5. The van der Waals surface area contributed by atoms with E-state index in [1.54, 1.807) is 13.3 Å². The third-order valence-electron chi connectivity index (χ3n) is 2.73. The lowest BCUT2D eigenvalue weighted by molar-refractivity contribution is 0.396. The van der Waals surface area contributed by atoms with Crippen molar-refractivity contribution in [1.82, 2.24) is 10.3 Å². The summed E-state index contributed by atoms with van der Waals surface area (Å²) in [6.45, 7) is 5.33. The maximum Gasteiger partial charge on any atom is 0.213 e. The van der Waals surface area contributed by atoms with Crippen molar-refractivity contribution in [2.24, 2.45) is 0 Å². The zero-order valence-corrected chi connectivity index (χ0v) is 10.5. The van der Waals surface area contributed by atoms with Crippen molar-refractivity contribution in [3.05, 3.63) is 23.9 Å². The van der Waals surface area contributed by atoms with E-state index < -0.39 is 0 Å². The molecule has 0 aliphatic carbocycles. The van der Waals surface area contributed by atoms with E-state index in [0.29, 0.717) is 11.9 Å². The number of aromatic nitrogens is 1. The number of rotatable bonds is 7. The highest BCUT2D eigenvalue weighted by Crippen LogP contribution is 2.09. The molecule has 1 heterocycles. The molecule has 0 aliphatic rings. The Kier molecular flexibility index (Phi) is 5.86. The van der Waals surface area contributed by atoms with E-state index >= 15 is 0 Å². The second kappa shape index (κ2) is 7.23. The first-order valence-electron chi connectivity index (χ1n) is 6.02. The van der Waals surface area contributed by atoms with Gasteiger partial charge in [-0.1, -0.05) is 20.3 Å². The number of nitrogens with zero attached hydrogens (tertiary/aromatic N) is 1. The Morgan fingerprint density at radius 2 is 2.25 bits per heavy atom. The quantitative estimate of drug-likeness (QED) is 0.770. The molecular weight excluding hydrogens is 200 g/mol. The summed E-state index contributed by atoms with van der Waals surface area (Å²) in [7, 11) is 1.64. The summed E-state index contributed by atoms with van der Waals surface area (Å²) >= 11 is 0. The van der Waals surface area contributed by atoms with Gasteiger partial charge in [-0.2, -0.15) is 0 Å². The minimum absolute atomic E-state index is 0.615. The van der Waals surface area contributed by atoms with Crippen molar-refractivity contribution in [2.45, 2.75) is 45.7 Å². The van der Waals surface area contributed by atoms with E-state index in [9.17, 15) is 0 Å². The summed E-state index contributed by atoms with van der Waals surface area (Å²) in [5.74, 6) is 0.683. The fraction of sp³-hybridized carbons (Fsp3) is 0.615. The van der Waals surface area contributed by atoms with E-state index in [2.05, 4.69) is 24.1 Å². The fourth-order valence-corrected chi connectivity index (χ4v) is 1.73. The second-order valence-corrected chi connectivity index (χ2v) is 3.98. The van der Waals surface area contributed by atoms with Gasteiger partial charge in [0.1, 0.15) is 0 Å². The molecule has 0 fully saturated rings. The van der Waals surface area contributed by atoms with Gasteiger partial charge in [-0.25, -0.2) is 4.98 Å². The molecule has 0 saturated heterocycles. The molecule has 0 spiro atoms. The molecule has 0 aliphatic heterocycles. The standard InChI is InChI=1S/C13H22N2O/c1-4-6-12(5-2)15-10-11-7-8-14-13(9-11)16-3/h7-9,12,15H,4-6,10H2,1-3H3. The summed E-state index contributed by atoms with van der Waals surface area (Å²) in [6.07, 6.45) is 5.43. The summed E-state index contributed by atoms with van der Waals surface area (Å²) < 4.78 is 5.10. The molecule has 3 nitrogen and oxygen atoms in total. The van der Waals surface area contributed by atoms with Gasteiger partial charge in [0.2, 0.25) is 5.88 Å². The van der Waals surface area contributed by atoms with Crippen LogP contribution < -0.4 is 10.1 Å². The largest absolute Gasteiger partial charge is 0.481 e. The van der Waals surface area contributed by atoms with Crippen molar-refractivity contribution < 1.29 is 4.74 Å². The lowest BCUT2D eigenvalue weighted by Gasteiger charge is -2.16. The van der Waals surface area contributed by atoms with Gasteiger partial charge in [-0.15, -0.1) is 0 Å². The summed E-state index contributed by atoms with van der Waals surface area (Å²) in [6, 6.07) is 4.61. The van der Waals surface area contributed by atoms with Gasteiger partial charge in [0.05, 0.1) is 7.11 Å². The Morgan fingerprint density at radius 1 is 1.44 bits per heavy atom. The topological polar surface area (TPSA) is 34.2 Å². The van der Waals surface area contributed by atoms with Crippen molar-refractivity contribution in [3.63, 3.8) is 0 Å². The van der Waals surface area contributed by atoms with Gasteiger partial charge >= 0.3 is 0 Å². The highest BCUT2D eigenvalue weighted by Gasteiger charge is 2.04. The molecule has 1 atom stereocenters. The molecule has 16 heavy (non-hydrogen) atoms. The third-order valence-corrected chi connectivity index (χ3v) is 2.73. The van der Waals surface area contributed by atoms with Crippen LogP contribution in [-0.2, 0) is 6.54 Å². The molecule has 0 bridgehead atoms. The van der Waals surface area contributed by atoms with E-state index in [1.807, 2.05) is 12.1 Å². The summed E-state index contributed by atoms with van der Waals surface area (Å²) in [5, 5.41) is 3.55. The normalized spacial score (nSPS) is 12.4. The Hall–Kier alpha value is -1.09. The SMILES string of the molecule is CCCC(CC)NCc1ccnc(OC)c1. The number of hydrogen-bond acceptors (Lipinski definition) is 3. The van der Waals surface area contributed by atoms with E-state index in [-0.39, 0.29) is 0 Å². The van der Waals surface area contributed by atoms with Crippen molar-refractivity contribution in [2.75, 3.05) is 7.11 Å². The predicted molar refractivity (Wildman–Crippen MR) is 66.6 cm³/mol. The first kappa shape index (κ1) is 13.0. The van der Waals surface area contributed by atoms with Crippen LogP contribution in [0.5, 0.6) is 5.88 Å². The van der Waals surface area contributed by atoms with Gasteiger partial charge in [0.25, 0.3) is 0 Å². The van der Waals surface area contributed by atoms with Crippen molar-refractivity contribution >= 4 is 0 Å². The molecule has 3 heteroatoms. The third kappa shape index (κ3) is 4.19. The minimum Gasteiger partial charge on any atom is -0.481 e.